The van der Waals surface area contributed by atoms with Crippen LogP contribution in [0.3, 0.4) is 0 Å². The average Bonchev–Trinajstić information content (AvgIpc) is 3.00. The SMILES string of the molecule is COc1ccc(F)cc1Cn1cc(C(N)=O)c(-c2ccccc2)n1. The van der Waals surface area contributed by atoms with Crippen LogP contribution in [0.4, 0.5) is 4.39 Å². The van der Waals surface area contributed by atoms with Crippen LogP contribution in [0.2, 0.25) is 0 Å². The first-order chi connectivity index (χ1) is 11.6. The van der Waals surface area contributed by atoms with Crippen molar-refractivity contribution >= 4 is 5.91 Å². The fourth-order valence-corrected chi connectivity index (χ4v) is 2.54. The van der Waals surface area contributed by atoms with Gasteiger partial charge in [0.25, 0.3) is 5.91 Å². The minimum absolute atomic E-state index is 0.258. The molecule has 5 nitrogen and oxygen atoms in total. The number of primary amides is 1. The summed E-state index contributed by atoms with van der Waals surface area (Å²) in [7, 11) is 1.52. The third-order valence-electron chi connectivity index (χ3n) is 3.65. The number of amides is 1. The molecule has 122 valence electrons. The number of nitrogens with two attached hydrogens (primary N) is 1. The van der Waals surface area contributed by atoms with Crippen LogP contribution in [0, 0.1) is 5.82 Å². The summed E-state index contributed by atoms with van der Waals surface area (Å²) >= 11 is 0. The van der Waals surface area contributed by atoms with Gasteiger partial charge in [0.1, 0.15) is 17.3 Å². The van der Waals surface area contributed by atoms with Gasteiger partial charge in [0.15, 0.2) is 0 Å². The summed E-state index contributed by atoms with van der Waals surface area (Å²) in [6, 6.07) is 13.6. The van der Waals surface area contributed by atoms with E-state index in [0.717, 1.165) is 5.56 Å². The number of carbonyl (C=O) groups excluding carboxylic acids is 1. The third kappa shape index (κ3) is 3.12. The van der Waals surface area contributed by atoms with Crippen molar-refractivity contribution in [3.63, 3.8) is 0 Å². The van der Waals surface area contributed by atoms with E-state index in [-0.39, 0.29) is 12.4 Å². The van der Waals surface area contributed by atoms with E-state index < -0.39 is 5.91 Å². The smallest absolute Gasteiger partial charge is 0.252 e. The zero-order valence-electron chi connectivity index (χ0n) is 13.1. The molecule has 1 aromatic heterocycles. The van der Waals surface area contributed by atoms with Crippen LogP contribution >= 0.6 is 0 Å². The highest BCUT2D eigenvalue weighted by Crippen LogP contribution is 2.24. The van der Waals surface area contributed by atoms with Crippen molar-refractivity contribution in [2.24, 2.45) is 5.73 Å². The van der Waals surface area contributed by atoms with Gasteiger partial charge >= 0.3 is 0 Å². The lowest BCUT2D eigenvalue weighted by atomic mass is 10.1. The van der Waals surface area contributed by atoms with Crippen molar-refractivity contribution in [2.75, 3.05) is 7.11 Å². The van der Waals surface area contributed by atoms with Crippen molar-refractivity contribution in [2.45, 2.75) is 6.54 Å². The molecule has 2 N–H and O–H groups in total. The number of halogens is 1. The number of ether oxygens (including phenoxy) is 1. The third-order valence-corrected chi connectivity index (χ3v) is 3.65. The monoisotopic (exact) mass is 325 g/mol. The molecule has 0 spiro atoms. The van der Waals surface area contributed by atoms with Gasteiger partial charge < -0.3 is 10.5 Å². The zero-order chi connectivity index (χ0) is 17.1. The molecule has 6 heteroatoms. The predicted molar refractivity (Wildman–Crippen MR) is 88.2 cm³/mol. The first kappa shape index (κ1) is 15.7. The lowest BCUT2D eigenvalue weighted by Gasteiger charge is -2.08. The summed E-state index contributed by atoms with van der Waals surface area (Å²) in [5.41, 5.74) is 7.69. The molecule has 0 bridgehead atoms. The Morgan fingerprint density at radius 2 is 2.00 bits per heavy atom. The van der Waals surface area contributed by atoms with Gasteiger partial charge in [0.05, 0.1) is 19.2 Å². The standard InChI is InChI=1S/C18H16FN3O2/c1-24-16-8-7-14(19)9-13(16)10-22-11-15(18(20)23)17(21-22)12-5-3-2-4-6-12/h2-9,11H,10H2,1H3,(H2,20,23). The van der Waals surface area contributed by atoms with Crippen molar-refractivity contribution in [1.29, 1.82) is 0 Å². The van der Waals surface area contributed by atoms with Crippen molar-refractivity contribution in [1.82, 2.24) is 9.78 Å². The van der Waals surface area contributed by atoms with Crippen LogP contribution < -0.4 is 10.5 Å². The molecule has 0 unspecified atom stereocenters. The Hall–Kier alpha value is -3.15. The fraction of sp³-hybridized carbons (Fsp3) is 0.111. The highest BCUT2D eigenvalue weighted by molar-refractivity contribution is 5.98. The molecule has 0 aliphatic carbocycles. The first-order valence-electron chi connectivity index (χ1n) is 7.33. The lowest BCUT2D eigenvalue weighted by molar-refractivity contribution is 0.100. The number of hydrogen-bond acceptors (Lipinski definition) is 3. The maximum atomic E-state index is 13.5. The van der Waals surface area contributed by atoms with Gasteiger partial charge in [-0.2, -0.15) is 5.10 Å². The Labute approximate surface area is 138 Å². The van der Waals surface area contributed by atoms with Crippen LogP contribution in [0.25, 0.3) is 11.3 Å². The number of carbonyl (C=O) groups is 1. The predicted octanol–water partition coefficient (Wildman–Crippen LogP) is 2.85. The van der Waals surface area contributed by atoms with E-state index in [1.807, 2.05) is 30.3 Å². The summed E-state index contributed by atoms with van der Waals surface area (Å²) in [4.78, 5) is 11.7. The van der Waals surface area contributed by atoms with Gasteiger partial charge in [-0.15, -0.1) is 0 Å². The first-order valence-corrected chi connectivity index (χ1v) is 7.33. The second kappa shape index (κ2) is 6.54. The fourth-order valence-electron chi connectivity index (χ4n) is 2.54. The van der Waals surface area contributed by atoms with E-state index in [9.17, 15) is 9.18 Å². The Morgan fingerprint density at radius 1 is 1.25 bits per heavy atom. The highest BCUT2D eigenvalue weighted by atomic mass is 19.1. The molecular weight excluding hydrogens is 309 g/mol. The quantitative estimate of drug-likeness (QED) is 0.784. The number of nitrogens with zero attached hydrogens (tertiary/aromatic N) is 2. The van der Waals surface area contributed by atoms with E-state index in [4.69, 9.17) is 10.5 Å². The van der Waals surface area contributed by atoms with Gasteiger partial charge in [-0.1, -0.05) is 30.3 Å². The van der Waals surface area contributed by atoms with Gasteiger partial charge in [-0.25, -0.2) is 4.39 Å². The summed E-state index contributed by atoms with van der Waals surface area (Å²) < 4.78 is 20.3. The topological polar surface area (TPSA) is 70.1 Å². The van der Waals surface area contributed by atoms with Crippen LogP contribution in [0.15, 0.2) is 54.7 Å². The highest BCUT2D eigenvalue weighted by Gasteiger charge is 2.16. The van der Waals surface area contributed by atoms with Gasteiger partial charge in [0.2, 0.25) is 0 Å². The van der Waals surface area contributed by atoms with E-state index >= 15 is 0 Å². The Bertz CT molecular complexity index is 875. The van der Waals surface area contributed by atoms with Crippen molar-refractivity contribution in [3.05, 3.63) is 71.7 Å². The number of hydrogen-bond donors (Lipinski definition) is 1. The Kier molecular flexibility index (Phi) is 4.29. The second-order valence-corrected chi connectivity index (χ2v) is 5.28. The Morgan fingerprint density at radius 3 is 2.67 bits per heavy atom. The molecule has 0 fully saturated rings. The summed E-state index contributed by atoms with van der Waals surface area (Å²) in [6.45, 7) is 0.258. The summed E-state index contributed by atoms with van der Waals surface area (Å²) in [5, 5.41) is 4.44. The molecule has 0 aliphatic heterocycles. The number of methoxy groups -OCH3 is 1. The van der Waals surface area contributed by atoms with Crippen LogP contribution in [-0.4, -0.2) is 22.8 Å². The van der Waals surface area contributed by atoms with Crippen LogP contribution in [-0.2, 0) is 6.54 Å². The van der Waals surface area contributed by atoms with Crippen LogP contribution in [0.1, 0.15) is 15.9 Å². The molecule has 0 radical (unpaired) electrons. The number of benzene rings is 2. The molecule has 3 rings (SSSR count). The maximum absolute atomic E-state index is 13.5. The maximum Gasteiger partial charge on any atom is 0.252 e. The van der Waals surface area contributed by atoms with E-state index in [1.54, 1.807) is 16.9 Å². The largest absolute Gasteiger partial charge is 0.496 e. The number of aromatic nitrogens is 2. The molecule has 24 heavy (non-hydrogen) atoms. The van der Waals surface area contributed by atoms with Crippen molar-refractivity contribution < 1.29 is 13.9 Å². The molecule has 1 amide bonds. The summed E-state index contributed by atoms with van der Waals surface area (Å²) in [5.74, 6) is -0.378. The molecule has 1 heterocycles. The number of rotatable bonds is 5. The van der Waals surface area contributed by atoms with E-state index in [0.29, 0.717) is 22.6 Å². The lowest BCUT2D eigenvalue weighted by Crippen LogP contribution is -2.11. The van der Waals surface area contributed by atoms with Gasteiger partial charge in [0, 0.05) is 17.3 Å². The normalized spacial score (nSPS) is 10.6. The molecule has 0 aliphatic rings. The average molecular weight is 325 g/mol. The van der Waals surface area contributed by atoms with Gasteiger partial charge in [-0.3, -0.25) is 9.48 Å². The minimum Gasteiger partial charge on any atom is -0.496 e. The molecular formula is C18H16FN3O2. The molecule has 0 atom stereocenters. The Balaban J connectivity index is 2.01. The molecule has 3 aromatic rings. The van der Waals surface area contributed by atoms with E-state index in [2.05, 4.69) is 5.10 Å². The summed E-state index contributed by atoms with van der Waals surface area (Å²) in [6.07, 6.45) is 1.56. The van der Waals surface area contributed by atoms with Crippen LogP contribution in [0.5, 0.6) is 5.75 Å². The molecule has 2 aromatic carbocycles. The van der Waals surface area contributed by atoms with Gasteiger partial charge in [-0.05, 0) is 18.2 Å². The molecule has 0 saturated heterocycles. The van der Waals surface area contributed by atoms with E-state index in [1.165, 1.54) is 19.2 Å². The molecule has 0 saturated carbocycles. The zero-order valence-corrected chi connectivity index (χ0v) is 13.1. The minimum atomic E-state index is -0.564. The van der Waals surface area contributed by atoms with Crippen molar-refractivity contribution in [3.8, 4) is 17.0 Å². The second-order valence-electron chi connectivity index (χ2n) is 5.28.